The number of hydrogen-bond acceptors (Lipinski definition) is 3. The van der Waals surface area contributed by atoms with Gasteiger partial charge in [-0.2, -0.15) is 0 Å². The molecule has 0 saturated heterocycles. The van der Waals surface area contributed by atoms with Crippen LogP contribution in [0.4, 0.5) is 0 Å². The van der Waals surface area contributed by atoms with Crippen molar-refractivity contribution < 1.29 is 0 Å². The van der Waals surface area contributed by atoms with E-state index in [0.717, 1.165) is 33.4 Å². The van der Waals surface area contributed by atoms with E-state index in [4.69, 9.17) is 15.0 Å². The molecule has 1 aromatic heterocycles. The molecular formula is C59H39N3Si. The van der Waals surface area contributed by atoms with E-state index in [1.54, 1.807) is 0 Å². The molecule has 4 heteroatoms. The molecule has 1 aliphatic rings. The fourth-order valence-electron chi connectivity index (χ4n) is 9.81. The number of hydrogen-bond donors (Lipinski definition) is 0. The van der Waals surface area contributed by atoms with Crippen LogP contribution < -0.4 is 20.7 Å². The lowest BCUT2D eigenvalue weighted by Gasteiger charge is -2.31. The summed E-state index contributed by atoms with van der Waals surface area (Å²) in [4.78, 5) is 15.9. The van der Waals surface area contributed by atoms with Gasteiger partial charge in [-0.15, -0.1) is 0 Å². The van der Waals surface area contributed by atoms with E-state index in [2.05, 4.69) is 231 Å². The fraction of sp³-hybridized carbons (Fsp3) is 0. The van der Waals surface area contributed by atoms with Crippen molar-refractivity contribution in [1.29, 1.82) is 0 Å². The molecule has 0 spiro atoms. The SMILES string of the molecule is c1ccc(-c2cccc(-c3nc(-c4ccc(-c5ccc6ccccc6c5)cc4)nc(-c4ccc5c(c4)[Si](c4ccccc4)(c4ccccc4)c4ccc6ccccc6c4-5)n3)c2)cc1. The van der Waals surface area contributed by atoms with E-state index in [9.17, 15) is 0 Å². The monoisotopic (exact) mass is 817 g/mol. The van der Waals surface area contributed by atoms with Gasteiger partial charge in [-0.3, -0.25) is 0 Å². The van der Waals surface area contributed by atoms with Crippen molar-refractivity contribution in [1.82, 2.24) is 15.0 Å². The molecule has 0 fully saturated rings. The van der Waals surface area contributed by atoms with Crippen molar-refractivity contribution in [3.8, 4) is 67.5 Å². The highest BCUT2D eigenvalue weighted by molar-refractivity contribution is 7.22. The number of benzene rings is 10. The molecule has 3 nitrogen and oxygen atoms in total. The molecule has 12 rings (SSSR count). The second kappa shape index (κ2) is 15.1. The smallest absolute Gasteiger partial charge is 0.180 e. The molecule has 0 radical (unpaired) electrons. The third kappa shape index (κ3) is 6.22. The predicted molar refractivity (Wildman–Crippen MR) is 265 cm³/mol. The number of aromatic nitrogens is 3. The standard InChI is InChI=1S/C59H39N3Si/c1-4-15-40(16-5-1)46-20-14-21-48(38-46)58-60-57(44-30-27-42(28-31-44)47-32-29-41-17-10-11-19-45(41)37-47)61-59(62-58)49-33-35-53-55(39-49)63(50-22-6-2-7-23-50,51-24-8-3-9-25-51)54-36-34-43-18-12-13-26-52(43)56(53)54/h1-39H. The van der Waals surface area contributed by atoms with Gasteiger partial charge in [-0.1, -0.05) is 224 Å². The summed E-state index contributed by atoms with van der Waals surface area (Å²) in [5.41, 5.74) is 10.0. The Morgan fingerprint density at radius 2 is 0.746 bits per heavy atom. The molecule has 0 saturated carbocycles. The summed E-state index contributed by atoms with van der Waals surface area (Å²) in [7, 11) is -2.83. The van der Waals surface area contributed by atoms with Crippen LogP contribution in [0.25, 0.3) is 89.1 Å². The van der Waals surface area contributed by atoms with Gasteiger partial charge >= 0.3 is 0 Å². The maximum atomic E-state index is 5.34. The van der Waals surface area contributed by atoms with Crippen LogP contribution in [0.1, 0.15) is 0 Å². The fourth-order valence-corrected chi connectivity index (χ4v) is 15.0. The lowest BCUT2D eigenvalue weighted by atomic mass is 9.97. The molecule has 0 bridgehead atoms. The molecule has 10 aromatic carbocycles. The molecule has 0 amide bonds. The van der Waals surface area contributed by atoms with Gasteiger partial charge in [0.2, 0.25) is 0 Å². The second-order valence-corrected chi connectivity index (χ2v) is 20.1. The maximum absolute atomic E-state index is 5.34. The lowest BCUT2D eigenvalue weighted by molar-refractivity contribution is 1.07. The molecule has 2 heterocycles. The van der Waals surface area contributed by atoms with Gasteiger partial charge < -0.3 is 0 Å². The van der Waals surface area contributed by atoms with E-state index in [1.807, 2.05) is 6.07 Å². The molecule has 0 aliphatic carbocycles. The highest BCUT2D eigenvalue weighted by atomic mass is 28.3. The number of nitrogens with zero attached hydrogens (tertiary/aromatic N) is 3. The quantitative estimate of drug-likeness (QED) is 0.150. The zero-order chi connectivity index (χ0) is 41.7. The van der Waals surface area contributed by atoms with Gasteiger partial charge in [-0.25, -0.2) is 15.0 Å². The Kier molecular flexibility index (Phi) is 8.84. The Morgan fingerprint density at radius 1 is 0.270 bits per heavy atom. The first-order valence-electron chi connectivity index (χ1n) is 21.5. The zero-order valence-electron chi connectivity index (χ0n) is 34.4. The van der Waals surface area contributed by atoms with Gasteiger partial charge in [-0.05, 0) is 87.8 Å². The van der Waals surface area contributed by atoms with E-state index in [0.29, 0.717) is 17.5 Å². The summed E-state index contributed by atoms with van der Waals surface area (Å²) in [6.07, 6.45) is 0. The minimum absolute atomic E-state index is 0.634. The Hall–Kier alpha value is -8.05. The normalized spacial score (nSPS) is 12.6. The lowest BCUT2D eigenvalue weighted by Crippen LogP contribution is -2.72. The van der Waals surface area contributed by atoms with Gasteiger partial charge in [0.25, 0.3) is 0 Å². The number of rotatable bonds is 7. The summed E-state index contributed by atoms with van der Waals surface area (Å²) < 4.78 is 0. The predicted octanol–water partition coefficient (Wildman–Crippen LogP) is 11.9. The van der Waals surface area contributed by atoms with Crippen LogP contribution in [-0.4, -0.2) is 23.0 Å². The van der Waals surface area contributed by atoms with Crippen LogP contribution >= 0.6 is 0 Å². The summed E-state index contributed by atoms with van der Waals surface area (Å²) in [6.45, 7) is 0. The van der Waals surface area contributed by atoms with Crippen LogP contribution in [-0.2, 0) is 0 Å². The molecule has 63 heavy (non-hydrogen) atoms. The Labute approximate surface area is 367 Å². The van der Waals surface area contributed by atoms with E-state index in [-0.39, 0.29) is 0 Å². The molecular weight excluding hydrogens is 779 g/mol. The Bertz CT molecular complexity index is 3460. The van der Waals surface area contributed by atoms with Crippen LogP contribution in [0, 0.1) is 0 Å². The van der Waals surface area contributed by atoms with Crippen LogP contribution in [0.15, 0.2) is 237 Å². The molecule has 0 atom stereocenters. The Balaban J connectivity index is 1.06. The third-order valence-corrected chi connectivity index (χ3v) is 17.6. The minimum atomic E-state index is -2.83. The highest BCUT2D eigenvalue weighted by Gasteiger charge is 2.49. The first-order chi connectivity index (χ1) is 31.2. The van der Waals surface area contributed by atoms with Crippen molar-refractivity contribution in [2.75, 3.05) is 0 Å². The first-order valence-corrected chi connectivity index (χ1v) is 23.5. The Morgan fingerprint density at radius 3 is 1.46 bits per heavy atom. The molecule has 294 valence electrons. The van der Waals surface area contributed by atoms with Crippen LogP contribution in [0.5, 0.6) is 0 Å². The summed E-state index contributed by atoms with van der Waals surface area (Å²) in [5, 5.41) is 10.4. The van der Waals surface area contributed by atoms with Crippen molar-refractivity contribution in [2.24, 2.45) is 0 Å². The van der Waals surface area contributed by atoms with Crippen LogP contribution in [0.3, 0.4) is 0 Å². The van der Waals surface area contributed by atoms with Crippen molar-refractivity contribution in [3.63, 3.8) is 0 Å². The molecule has 11 aromatic rings. The average molecular weight is 818 g/mol. The molecule has 1 aliphatic heterocycles. The summed E-state index contributed by atoms with van der Waals surface area (Å²) >= 11 is 0. The second-order valence-electron chi connectivity index (χ2n) is 16.3. The average Bonchev–Trinajstić information content (AvgIpc) is 3.68. The summed E-state index contributed by atoms with van der Waals surface area (Å²) in [6, 6.07) is 85.6. The molecule has 0 unspecified atom stereocenters. The van der Waals surface area contributed by atoms with Gasteiger partial charge in [0.15, 0.2) is 25.5 Å². The minimum Gasteiger partial charge on any atom is -0.208 e. The van der Waals surface area contributed by atoms with Crippen molar-refractivity contribution in [2.45, 2.75) is 0 Å². The maximum Gasteiger partial charge on any atom is 0.180 e. The highest BCUT2D eigenvalue weighted by Crippen LogP contribution is 2.37. The summed E-state index contributed by atoms with van der Waals surface area (Å²) in [5.74, 6) is 1.91. The van der Waals surface area contributed by atoms with Gasteiger partial charge in [0.05, 0.1) is 0 Å². The van der Waals surface area contributed by atoms with E-state index >= 15 is 0 Å². The third-order valence-electron chi connectivity index (χ3n) is 12.8. The molecule has 0 N–H and O–H groups in total. The zero-order valence-corrected chi connectivity index (χ0v) is 35.4. The van der Waals surface area contributed by atoms with E-state index < -0.39 is 8.07 Å². The van der Waals surface area contributed by atoms with Crippen LogP contribution in [0.2, 0.25) is 0 Å². The van der Waals surface area contributed by atoms with Gasteiger partial charge in [0.1, 0.15) is 0 Å². The van der Waals surface area contributed by atoms with Crippen molar-refractivity contribution in [3.05, 3.63) is 237 Å². The number of fused-ring (bicyclic) bond motifs is 6. The largest absolute Gasteiger partial charge is 0.208 e. The van der Waals surface area contributed by atoms with Gasteiger partial charge in [0, 0.05) is 16.7 Å². The van der Waals surface area contributed by atoms with E-state index in [1.165, 1.54) is 59.0 Å². The topological polar surface area (TPSA) is 38.7 Å². The first kappa shape index (κ1) is 36.8. The van der Waals surface area contributed by atoms with Crippen molar-refractivity contribution >= 4 is 50.4 Å².